The number of hydrogen-bond acceptors (Lipinski definition) is 19. The highest BCUT2D eigenvalue weighted by Gasteiger charge is 2.19. The fourth-order valence-electron chi connectivity index (χ4n) is 9.35. The van der Waals surface area contributed by atoms with E-state index in [0.717, 1.165) is 135 Å². The van der Waals surface area contributed by atoms with Crippen molar-refractivity contribution in [2.75, 3.05) is 112 Å². The number of nitro benzene ring substituents is 1. The lowest BCUT2D eigenvalue weighted by Crippen LogP contribution is -2.06. The Bertz CT molecular complexity index is 2150. The molecular formula is C65H133ClN18O9S. The Kier molecular flexibility index (Phi) is 87.7. The second kappa shape index (κ2) is 84.3. The maximum absolute atomic E-state index is 10.9. The smallest absolute Gasteiger partial charge is 0.303 e. The van der Waals surface area contributed by atoms with Gasteiger partial charge in [0.25, 0.3) is 10.1 Å². The Balaban J connectivity index is -0.000000345. The van der Waals surface area contributed by atoms with Crippen LogP contribution in [0.15, 0.2) is 32.1 Å². The first kappa shape index (κ1) is 97.9. The first-order valence-corrected chi connectivity index (χ1v) is 37.2. The lowest BCUT2D eigenvalue weighted by molar-refractivity contribution is -0.383. The number of aliphatic hydroxyl groups is 1. The molecular weight excluding hydrogens is 1240 g/mol. The van der Waals surface area contributed by atoms with Crippen molar-refractivity contribution in [3.05, 3.63) is 53.6 Å². The van der Waals surface area contributed by atoms with Gasteiger partial charge in [-0.15, -0.1) is 12.4 Å². The first-order valence-electron chi connectivity index (χ1n) is 35.4. The number of carboxylic acid groups (broad SMARTS) is 1. The zero-order valence-electron chi connectivity index (χ0n) is 59.1. The molecule has 1 aromatic heterocycles. The van der Waals surface area contributed by atoms with E-state index < -0.39 is 21.0 Å². The van der Waals surface area contributed by atoms with Crippen LogP contribution >= 0.6 is 12.4 Å². The van der Waals surface area contributed by atoms with Gasteiger partial charge in [-0.05, 0) is 171 Å². The average molecular weight is 1380 g/mol. The zero-order valence-corrected chi connectivity index (χ0v) is 60.8. The SMILES string of the molecule is CNCCCCCCCCC(=O)O.CNCCCCCCCCCN=[N+]=[N-].CNCCCCCCCCCO.CNCCCCCCCCCOS(C)(=O)=O.Cl.[N-]=[N+]=NCCCCCCCCCN.[N-]=[N+]=NCCCCCCCCCNc1ccc([N+](=O)[O-])c2nonc12. The number of nitrogens with zero attached hydrogens (tertiary/aromatic N) is 12. The largest absolute Gasteiger partial charge is 0.481 e. The van der Waals surface area contributed by atoms with Gasteiger partial charge in [-0.25, -0.2) is 4.63 Å². The van der Waals surface area contributed by atoms with Crippen LogP contribution in [-0.2, 0) is 19.1 Å². The molecule has 0 radical (unpaired) electrons. The fraction of sp³-hybridized carbons (Fsp3) is 0.892. The van der Waals surface area contributed by atoms with Crippen LogP contribution in [0.2, 0.25) is 0 Å². The van der Waals surface area contributed by atoms with Gasteiger partial charge in [-0.3, -0.25) is 19.1 Å². The van der Waals surface area contributed by atoms with Gasteiger partial charge in [0, 0.05) is 60.0 Å². The molecule has 0 unspecified atom stereocenters. The van der Waals surface area contributed by atoms with Gasteiger partial charge < -0.3 is 42.5 Å². The molecule has 94 heavy (non-hydrogen) atoms. The van der Waals surface area contributed by atoms with E-state index in [4.69, 9.17) is 32.5 Å². The molecule has 0 bridgehead atoms. The monoisotopic (exact) mass is 1380 g/mol. The summed E-state index contributed by atoms with van der Waals surface area (Å²) in [5.41, 5.74) is 30.7. The maximum Gasteiger partial charge on any atom is 0.303 e. The summed E-state index contributed by atoms with van der Waals surface area (Å²) in [7, 11) is 4.70. The summed E-state index contributed by atoms with van der Waals surface area (Å²) >= 11 is 0. The Hall–Kier alpha value is -4.82. The predicted molar refractivity (Wildman–Crippen MR) is 390 cm³/mol. The van der Waals surface area contributed by atoms with Crippen LogP contribution in [0.25, 0.3) is 42.4 Å². The number of unbranched alkanes of at least 4 members (excludes halogenated alkanes) is 35. The van der Waals surface area contributed by atoms with Gasteiger partial charge in [-0.2, -0.15) is 8.42 Å². The number of fused-ring (bicyclic) bond motifs is 1. The molecule has 27 nitrogen and oxygen atoms in total. The highest BCUT2D eigenvalue weighted by Crippen LogP contribution is 2.29. The van der Waals surface area contributed by atoms with Crippen LogP contribution in [-0.4, -0.2) is 146 Å². The van der Waals surface area contributed by atoms with Gasteiger partial charge >= 0.3 is 11.7 Å². The summed E-state index contributed by atoms with van der Waals surface area (Å²) in [5.74, 6) is -0.671. The quantitative estimate of drug-likeness (QED) is 0.00580. The van der Waals surface area contributed by atoms with Crippen LogP contribution in [0, 0.1) is 10.1 Å². The number of rotatable bonds is 60. The Labute approximate surface area is 573 Å². The summed E-state index contributed by atoms with van der Waals surface area (Å²) in [5, 5.41) is 61.5. The van der Waals surface area contributed by atoms with Crippen LogP contribution in [0.5, 0.6) is 0 Å². The van der Waals surface area contributed by atoms with Crippen LogP contribution in [0.1, 0.15) is 270 Å². The predicted octanol–water partition coefficient (Wildman–Crippen LogP) is 17.1. The van der Waals surface area contributed by atoms with Gasteiger partial charge in [0.2, 0.25) is 5.52 Å². The Morgan fingerprint density at radius 3 is 1.18 bits per heavy atom. The van der Waals surface area contributed by atoms with Crippen LogP contribution in [0.3, 0.4) is 0 Å². The van der Waals surface area contributed by atoms with Gasteiger partial charge in [0.1, 0.15) is 0 Å². The van der Waals surface area contributed by atoms with Crippen LogP contribution in [0.4, 0.5) is 11.4 Å². The minimum atomic E-state index is -3.24. The third kappa shape index (κ3) is 83.3. The van der Waals surface area contributed by atoms with Crippen molar-refractivity contribution >= 4 is 50.9 Å². The number of hydrogen-bond donors (Lipinski definition) is 8. The Morgan fingerprint density at radius 1 is 0.532 bits per heavy atom. The molecule has 0 amide bonds. The number of nitrogens with two attached hydrogens (primary N) is 1. The number of nitro groups is 1. The molecule has 0 aliphatic heterocycles. The molecule has 2 aromatic rings. The minimum Gasteiger partial charge on any atom is -0.481 e. The molecule has 29 heteroatoms. The van der Waals surface area contributed by atoms with E-state index in [1.807, 2.05) is 28.2 Å². The van der Waals surface area contributed by atoms with Crippen molar-refractivity contribution in [1.82, 2.24) is 31.6 Å². The molecule has 0 saturated carbocycles. The topological polar surface area (TPSA) is 415 Å². The van der Waals surface area contributed by atoms with Crippen molar-refractivity contribution in [3.63, 3.8) is 0 Å². The number of nitrogens with one attached hydrogen (secondary N) is 5. The summed E-state index contributed by atoms with van der Waals surface area (Å²) < 4.78 is 30.6. The summed E-state index contributed by atoms with van der Waals surface area (Å²) in [6.07, 6.45) is 50.0. The summed E-state index contributed by atoms with van der Waals surface area (Å²) in [6, 6.07) is 3.04. The fourth-order valence-corrected chi connectivity index (χ4v) is 9.77. The van der Waals surface area contributed by atoms with Gasteiger partial charge in [-0.1, -0.05) is 202 Å². The maximum atomic E-state index is 10.9. The molecule has 2 rings (SSSR count). The van der Waals surface area contributed by atoms with E-state index in [1.54, 1.807) is 6.07 Å². The molecule has 9 N–H and O–H groups in total. The average Bonchev–Trinajstić information content (AvgIpc) is 1.60. The van der Waals surface area contributed by atoms with E-state index in [-0.39, 0.29) is 23.6 Å². The van der Waals surface area contributed by atoms with E-state index in [0.29, 0.717) is 50.5 Å². The number of benzene rings is 1. The number of anilines is 1. The molecule has 0 aliphatic carbocycles. The highest BCUT2D eigenvalue weighted by atomic mass is 35.5. The lowest BCUT2D eigenvalue weighted by atomic mass is 10.1. The second-order valence-corrected chi connectivity index (χ2v) is 24.9. The highest BCUT2D eigenvalue weighted by molar-refractivity contribution is 7.85. The number of aromatic nitrogens is 2. The lowest BCUT2D eigenvalue weighted by Gasteiger charge is -2.06. The number of non-ortho nitro benzene ring substituents is 1. The van der Waals surface area contributed by atoms with Gasteiger partial charge in [0.15, 0.2) is 5.52 Å². The molecule has 550 valence electrons. The van der Waals surface area contributed by atoms with E-state index in [9.17, 15) is 23.3 Å². The number of carbonyl (C=O) groups is 1. The van der Waals surface area contributed by atoms with Crippen molar-refractivity contribution in [1.29, 1.82) is 0 Å². The first-order chi connectivity index (χ1) is 45.3. The molecule has 0 atom stereocenters. The second-order valence-electron chi connectivity index (χ2n) is 23.2. The minimum absolute atomic E-state index is 0. The molecule has 0 saturated heterocycles. The number of carboxylic acids is 1. The standard InChI is InChI=1S/C15H21N7O3.C11H25NO3S.C10H22N4.C10H21NO2.C10H23NO.C9H20N4.ClH/c16-21-18-11-7-5-3-1-2-4-6-10-17-12-8-9-13(22(23)24)15-14(12)19-25-20-15;1-12-10-8-6-4-3-5-7-9-11-15-16(2,13)14;1-12-9-7-5-3-2-4-6-8-10-13-14-11;1-11-9-7-5-3-2-4-6-8-10(12)13;1-11-9-7-5-3-2-4-6-8-10-12;10-8-6-4-2-1-3-5-7-9-12-13-11;/h8-9,17H,1-7,10-11H2;12H,3-11H2,1-2H3;12H,2-10H2,1H3;11H,2-9H2,1H3,(H,12,13);11-12H,2-10H2,1H3;1-10H2;1H. The van der Waals surface area contributed by atoms with Crippen molar-refractivity contribution in [3.8, 4) is 0 Å². The molecule has 0 fully saturated rings. The number of aliphatic carboxylic acids is 1. The van der Waals surface area contributed by atoms with Crippen LogP contribution < -0.4 is 32.3 Å². The molecule has 1 heterocycles. The number of halogens is 1. The molecule has 1 aromatic carbocycles. The van der Waals surface area contributed by atoms with E-state index >= 15 is 0 Å². The molecule has 0 spiro atoms. The van der Waals surface area contributed by atoms with E-state index in [1.165, 1.54) is 179 Å². The zero-order chi connectivity index (χ0) is 69.5. The number of aliphatic hydroxyl groups excluding tert-OH is 1. The summed E-state index contributed by atoms with van der Waals surface area (Å²) in [4.78, 5) is 28.8. The van der Waals surface area contributed by atoms with Gasteiger partial charge in [0.05, 0.1) is 23.5 Å². The Morgan fingerprint density at radius 2 is 0.851 bits per heavy atom. The summed E-state index contributed by atoms with van der Waals surface area (Å²) in [6.45, 7) is 8.65. The number of azide groups is 3. The van der Waals surface area contributed by atoms with Crippen molar-refractivity contribution in [2.45, 2.75) is 270 Å². The third-order valence-electron chi connectivity index (χ3n) is 14.7. The van der Waals surface area contributed by atoms with Crippen molar-refractivity contribution < 1.29 is 37.2 Å². The van der Waals surface area contributed by atoms with E-state index in [2.05, 4.69) is 75.8 Å². The third-order valence-corrected chi connectivity index (χ3v) is 15.3. The molecule has 0 aliphatic rings. The van der Waals surface area contributed by atoms with Crippen molar-refractivity contribution in [2.24, 2.45) is 21.1 Å². The normalized spacial score (nSPS) is 10.4.